The summed E-state index contributed by atoms with van der Waals surface area (Å²) in [5.74, 6) is -0.188. The minimum Gasteiger partial charge on any atom is -0.461 e. The molecule has 4 rings (SSSR count). The van der Waals surface area contributed by atoms with Gasteiger partial charge in [-0.25, -0.2) is 0 Å². The van der Waals surface area contributed by atoms with Crippen molar-refractivity contribution in [3.8, 4) is 11.5 Å². The first-order valence-corrected chi connectivity index (χ1v) is 9.14. The van der Waals surface area contributed by atoms with Gasteiger partial charge in [0.2, 0.25) is 17.6 Å². The lowest BCUT2D eigenvalue weighted by atomic mass is 9.81. The first-order valence-electron chi connectivity index (χ1n) is 9.14. The summed E-state index contributed by atoms with van der Waals surface area (Å²) in [5.41, 5.74) is 0.453. The molecule has 142 valence electrons. The number of hydrogen-bond donors (Lipinski definition) is 0. The number of carbonyl (C=O) groups excluding carboxylic acids is 3. The zero-order chi connectivity index (χ0) is 18.8. The highest BCUT2D eigenvalue weighted by molar-refractivity contribution is 6.05. The molecular weight excluding hydrogens is 352 g/mol. The maximum atomic E-state index is 12.4. The first-order chi connectivity index (χ1) is 13.1. The minimum atomic E-state index is -0.493. The third-order valence-corrected chi connectivity index (χ3v) is 5.18. The molecule has 2 fully saturated rings. The Morgan fingerprint density at radius 3 is 2.59 bits per heavy atom. The third kappa shape index (κ3) is 3.51. The average Bonchev–Trinajstić information content (AvgIpc) is 3.41. The molecule has 2 amide bonds. The van der Waals surface area contributed by atoms with Crippen LogP contribution in [-0.4, -0.2) is 34.4 Å². The predicted octanol–water partition coefficient (Wildman–Crippen LogP) is 2.54. The van der Waals surface area contributed by atoms with Crippen LogP contribution in [0, 0.1) is 11.8 Å². The molecule has 0 radical (unpaired) electrons. The summed E-state index contributed by atoms with van der Waals surface area (Å²) < 4.78 is 15.5. The van der Waals surface area contributed by atoms with Crippen LogP contribution < -0.4 is 0 Å². The van der Waals surface area contributed by atoms with E-state index in [0.29, 0.717) is 17.2 Å². The molecule has 0 N–H and O–H groups in total. The molecule has 1 aliphatic heterocycles. The SMILES string of the molecule is O=C(CCN1C(=O)[C@H]2CCCC[C@@H]2C1=O)OCc1cc(-c2ccco2)on1. The first kappa shape index (κ1) is 17.5. The Hall–Kier alpha value is -2.90. The van der Waals surface area contributed by atoms with E-state index in [9.17, 15) is 14.4 Å². The fourth-order valence-electron chi connectivity index (χ4n) is 3.80. The lowest BCUT2D eigenvalue weighted by Gasteiger charge is -2.19. The van der Waals surface area contributed by atoms with Crippen molar-refractivity contribution < 1.29 is 28.1 Å². The molecule has 2 atom stereocenters. The monoisotopic (exact) mass is 372 g/mol. The number of carbonyl (C=O) groups is 3. The molecule has 0 unspecified atom stereocenters. The van der Waals surface area contributed by atoms with E-state index in [1.807, 2.05) is 0 Å². The maximum absolute atomic E-state index is 12.4. The molecule has 8 nitrogen and oxygen atoms in total. The number of aromatic nitrogens is 1. The number of ether oxygens (including phenoxy) is 1. The standard InChI is InChI=1S/C19H20N2O6/c22-17(26-11-12-10-16(27-20-12)15-6-3-9-25-15)7-8-21-18(23)13-4-1-2-5-14(13)19(21)24/h3,6,9-10,13-14H,1-2,4-5,7-8,11H2/t13-,14-/m0/s1. The normalized spacial score (nSPS) is 22.1. The Labute approximate surface area is 155 Å². The minimum absolute atomic E-state index is 0.0280. The quantitative estimate of drug-likeness (QED) is 0.567. The van der Waals surface area contributed by atoms with Gasteiger partial charge in [0.05, 0.1) is 24.5 Å². The van der Waals surface area contributed by atoms with E-state index in [-0.39, 0.29) is 43.2 Å². The van der Waals surface area contributed by atoms with Gasteiger partial charge in [0, 0.05) is 12.6 Å². The molecule has 27 heavy (non-hydrogen) atoms. The highest BCUT2D eigenvalue weighted by Gasteiger charge is 2.47. The van der Waals surface area contributed by atoms with E-state index in [1.54, 1.807) is 18.2 Å². The molecule has 1 saturated heterocycles. The fraction of sp³-hybridized carbons (Fsp3) is 0.474. The smallest absolute Gasteiger partial charge is 0.307 e. The molecule has 2 aliphatic rings. The summed E-state index contributed by atoms with van der Waals surface area (Å²) in [6.45, 7) is 0.0240. The molecule has 1 saturated carbocycles. The molecule has 0 aromatic carbocycles. The van der Waals surface area contributed by atoms with Gasteiger partial charge in [-0.15, -0.1) is 0 Å². The number of nitrogens with zero attached hydrogens (tertiary/aromatic N) is 2. The molecule has 3 heterocycles. The highest BCUT2D eigenvalue weighted by Crippen LogP contribution is 2.38. The Morgan fingerprint density at radius 1 is 1.19 bits per heavy atom. The van der Waals surface area contributed by atoms with E-state index < -0.39 is 5.97 Å². The number of amides is 2. The highest BCUT2D eigenvalue weighted by atomic mass is 16.5. The van der Waals surface area contributed by atoms with Gasteiger partial charge in [0.1, 0.15) is 12.3 Å². The molecule has 1 aliphatic carbocycles. The van der Waals surface area contributed by atoms with Crippen LogP contribution in [0.15, 0.2) is 33.4 Å². The second kappa shape index (κ2) is 7.38. The number of esters is 1. The van der Waals surface area contributed by atoms with Crippen LogP contribution >= 0.6 is 0 Å². The van der Waals surface area contributed by atoms with E-state index >= 15 is 0 Å². The predicted molar refractivity (Wildman–Crippen MR) is 90.8 cm³/mol. The van der Waals surface area contributed by atoms with Gasteiger partial charge in [0.25, 0.3) is 0 Å². The van der Waals surface area contributed by atoms with Gasteiger partial charge >= 0.3 is 5.97 Å². The Kier molecular flexibility index (Phi) is 4.79. The van der Waals surface area contributed by atoms with Crippen molar-refractivity contribution in [3.05, 3.63) is 30.2 Å². The molecular formula is C19H20N2O6. The van der Waals surface area contributed by atoms with Crippen molar-refractivity contribution >= 4 is 17.8 Å². The van der Waals surface area contributed by atoms with Gasteiger partial charge < -0.3 is 13.7 Å². The van der Waals surface area contributed by atoms with Crippen molar-refractivity contribution in [1.82, 2.24) is 10.1 Å². The fourth-order valence-corrected chi connectivity index (χ4v) is 3.80. The van der Waals surface area contributed by atoms with Crippen LogP contribution in [0.4, 0.5) is 0 Å². The van der Waals surface area contributed by atoms with Crippen molar-refractivity contribution in [2.45, 2.75) is 38.7 Å². The van der Waals surface area contributed by atoms with Crippen LogP contribution in [-0.2, 0) is 25.7 Å². The van der Waals surface area contributed by atoms with Gasteiger partial charge in [0.15, 0.2) is 5.76 Å². The van der Waals surface area contributed by atoms with Crippen LogP contribution in [0.2, 0.25) is 0 Å². The lowest BCUT2D eigenvalue weighted by molar-refractivity contribution is -0.146. The van der Waals surface area contributed by atoms with E-state index in [4.69, 9.17) is 13.7 Å². The Morgan fingerprint density at radius 2 is 1.93 bits per heavy atom. The number of imide groups is 1. The summed E-state index contributed by atoms with van der Waals surface area (Å²) in [6, 6.07) is 5.09. The molecule has 2 aromatic rings. The summed E-state index contributed by atoms with van der Waals surface area (Å²) in [4.78, 5) is 38.0. The summed E-state index contributed by atoms with van der Waals surface area (Å²) in [6.07, 6.45) is 4.98. The molecule has 0 spiro atoms. The van der Waals surface area contributed by atoms with E-state index in [1.165, 1.54) is 11.2 Å². The molecule has 8 heteroatoms. The zero-order valence-electron chi connectivity index (χ0n) is 14.8. The zero-order valence-corrected chi connectivity index (χ0v) is 14.8. The number of fused-ring (bicyclic) bond motifs is 1. The van der Waals surface area contributed by atoms with Crippen molar-refractivity contribution in [2.75, 3.05) is 6.54 Å². The second-order valence-electron chi connectivity index (χ2n) is 6.90. The van der Waals surface area contributed by atoms with Crippen LogP contribution in [0.3, 0.4) is 0 Å². The van der Waals surface area contributed by atoms with E-state index in [2.05, 4.69) is 5.16 Å². The maximum Gasteiger partial charge on any atom is 0.307 e. The Bertz CT molecular complexity index is 816. The topological polar surface area (TPSA) is 103 Å². The van der Waals surface area contributed by atoms with E-state index in [0.717, 1.165) is 25.7 Å². The third-order valence-electron chi connectivity index (χ3n) is 5.18. The summed E-state index contributed by atoms with van der Waals surface area (Å²) >= 11 is 0. The molecule has 2 aromatic heterocycles. The van der Waals surface area contributed by atoms with Gasteiger partial charge in [-0.3, -0.25) is 19.3 Å². The van der Waals surface area contributed by atoms with Crippen molar-refractivity contribution in [3.63, 3.8) is 0 Å². The van der Waals surface area contributed by atoms with Crippen LogP contribution in [0.1, 0.15) is 37.8 Å². The second-order valence-corrected chi connectivity index (χ2v) is 6.90. The summed E-state index contributed by atoms with van der Waals surface area (Å²) in [7, 11) is 0. The lowest BCUT2D eigenvalue weighted by Crippen LogP contribution is -2.33. The van der Waals surface area contributed by atoms with Crippen molar-refractivity contribution in [2.24, 2.45) is 11.8 Å². The van der Waals surface area contributed by atoms with Gasteiger partial charge in [-0.05, 0) is 25.0 Å². The van der Waals surface area contributed by atoms with Crippen molar-refractivity contribution in [1.29, 1.82) is 0 Å². The number of rotatable bonds is 6. The number of hydrogen-bond acceptors (Lipinski definition) is 7. The largest absolute Gasteiger partial charge is 0.461 e. The number of furan rings is 1. The molecule has 0 bridgehead atoms. The Balaban J connectivity index is 1.26. The van der Waals surface area contributed by atoms with Gasteiger partial charge in [-0.2, -0.15) is 0 Å². The van der Waals surface area contributed by atoms with Crippen LogP contribution in [0.25, 0.3) is 11.5 Å². The van der Waals surface area contributed by atoms with Gasteiger partial charge in [-0.1, -0.05) is 18.0 Å². The average molecular weight is 372 g/mol. The number of likely N-dealkylation sites (tertiary alicyclic amines) is 1. The summed E-state index contributed by atoms with van der Waals surface area (Å²) in [5, 5.41) is 3.82. The van der Waals surface area contributed by atoms with Crippen LogP contribution in [0.5, 0.6) is 0 Å².